The number of ether oxygens (including phenoxy) is 1. The van der Waals surface area contributed by atoms with E-state index >= 15 is 0 Å². The maximum absolute atomic E-state index is 11.7. The Bertz CT molecular complexity index is 616. The van der Waals surface area contributed by atoms with Gasteiger partial charge in [0.15, 0.2) is 0 Å². The highest BCUT2D eigenvalue weighted by atomic mass is 16.5. The van der Waals surface area contributed by atoms with Gasteiger partial charge in [0.1, 0.15) is 11.6 Å². The summed E-state index contributed by atoms with van der Waals surface area (Å²) in [5, 5.41) is 0.648. The van der Waals surface area contributed by atoms with Crippen molar-refractivity contribution in [2.45, 2.75) is 19.8 Å². The van der Waals surface area contributed by atoms with E-state index in [0.29, 0.717) is 16.7 Å². The van der Waals surface area contributed by atoms with E-state index in [1.54, 1.807) is 6.92 Å². The van der Waals surface area contributed by atoms with Crippen LogP contribution >= 0.6 is 0 Å². The molecule has 4 heteroatoms. The first-order valence-corrected chi connectivity index (χ1v) is 5.40. The normalized spacial score (nSPS) is 14.6. The molecule has 82 valence electrons. The number of benzene rings is 1. The number of fused-ring (bicyclic) bond motifs is 2. The van der Waals surface area contributed by atoms with Crippen molar-refractivity contribution in [3.63, 3.8) is 0 Å². The maximum Gasteiger partial charge on any atom is 0.258 e. The fraction of sp³-hybridized carbons (Fsp3) is 0.333. The quantitative estimate of drug-likeness (QED) is 0.727. The fourth-order valence-corrected chi connectivity index (χ4v) is 2.10. The lowest BCUT2D eigenvalue weighted by Gasteiger charge is -2.17. The summed E-state index contributed by atoms with van der Waals surface area (Å²) in [5.41, 5.74) is 1.74. The Balaban J connectivity index is 2.35. The topological polar surface area (TPSA) is 55.0 Å². The van der Waals surface area contributed by atoms with Gasteiger partial charge in [0.2, 0.25) is 0 Å². The van der Waals surface area contributed by atoms with Crippen LogP contribution in [0.4, 0.5) is 0 Å². The molecule has 0 bridgehead atoms. The first kappa shape index (κ1) is 9.39. The van der Waals surface area contributed by atoms with Crippen LogP contribution < -0.4 is 10.3 Å². The van der Waals surface area contributed by atoms with Gasteiger partial charge in [-0.05, 0) is 31.4 Å². The Morgan fingerprint density at radius 3 is 3.19 bits per heavy atom. The standard InChI is InChI=1S/C12H12N2O2/c1-7-13-10-6-11-8(3-2-4-16-11)5-9(10)12(15)14-7/h5-6H,2-4H2,1H3,(H,13,14,15). The van der Waals surface area contributed by atoms with Crippen molar-refractivity contribution in [3.05, 3.63) is 33.9 Å². The van der Waals surface area contributed by atoms with Crippen LogP contribution in [-0.2, 0) is 6.42 Å². The molecule has 1 aromatic heterocycles. The number of H-pyrrole nitrogens is 1. The lowest BCUT2D eigenvalue weighted by atomic mass is 10.0. The molecule has 1 aromatic carbocycles. The molecule has 0 aliphatic carbocycles. The Morgan fingerprint density at radius 2 is 2.31 bits per heavy atom. The van der Waals surface area contributed by atoms with Crippen LogP contribution in [0.2, 0.25) is 0 Å². The molecule has 0 atom stereocenters. The second-order valence-electron chi connectivity index (χ2n) is 4.08. The summed E-state index contributed by atoms with van der Waals surface area (Å²) in [6, 6.07) is 3.77. The van der Waals surface area contributed by atoms with E-state index in [0.717, 1.165) is 30.8 Å². The molecule has 0 amide bonds. The monoisotopic (exact) mass is 216 g/mol. The van der Waals surface area contributed by atoms with Crippen LogP contribution in [0.15, 0.2) is 16.9 Å². The summed E-state index contributed by atoms with van der Waals surface area (Å²) in [5.74, 6) is 1.50. The Kier molecular flexibility index (Phi) is 1.96. The number of nitrogens with zero attached hydrogens (tertiary/aromatic N) is 1. The molecule has 0 saturated heterocycles. The van der Waals surface area contributed by atoms with Gasteiger partial charge in [0.05, 0.1) is 17.5 Å². The molecule has 1 aliphatic heterocycles. The minimum absolute atomic E-state index is 0.0733. The smallest absolute Gasteiger partial charge is 0.258 e. The van der Waals surface area contributed by atoms with E-state index in [1.807, 2.05) is 12.1 Å². The van der Waals surface area contributed by atoms with Crippen LogP contribution in [0, 0.1) is 6.92 Å². The van der Waals surface area contributed by atoms with Crippen molar-refractivity contribution in [1.82, 2.24) is 9.97 Å². The zero-order valence-corrected chi connectivity index (χ0v) is 9.04. The predicted molar refractivity (Wildman–Crippen MR) is 60.9 cm³/mol. The second-order valence-corrected chi connectivity index (χ2v) is 4.08. The molecule has 3 rings (SSSR count). The fourth-order valence-electron chi connectivity index (χ4n) is 2.10. The van der Waals surface area contributed by atoms with Crippen molar-refractivity contribution in [2.75, 3.05) is 6.61 Å². The number of rotatable bonds is 0. The van der Waals surface area contributed by atoms with Gasteiger partial charge < -0.3 is 9.72 Å². The molecule has 2 aromatic rings. The third-order valence-electron chi connectivity index (χ3n) is 2.85. The van der Waals surface area contributed by atoms with E-state index in [-0.39, 0.29) is 5.56 Å². The lowest BCUT2D eigenvalue weighted by Crippen LogP contribution is -2.13. The molecule has 2 heterocycles. The van der Waals surface area contributed by atoms with Gasteiger partial charge >= 0.3 is 0 Å². The summed E-state index contributed by atoms with van der Waals surface area (Å²) in [6.07, 6.45) is 1.98. The molecule has 0 saturated carbocycles. The third-order valence-corrected chi connectivity index (χ3v) is 2.85. The minimum Gasteiger partial charge on any atom is -0.493 e. The molecule has 1 aliphatic rings. The van der Waals surface area contributed by atoms with Gasteiger partial charge in [-0.25, -0.2) is 4.98 Å². The largest absolute Gasteiger partial charge is 0.493 e. The van der Waals surface area contributed by atoms with E-state index < -0.39 is 0 Å². The second kappa shape index (κ2) is 3.33. The summed E-state index contributed by atoms with van der Waals surface area (Å²) in [4.78, 5) is 18.8. The number of hydrogen-bond acceptors (Lipinski definition) is 3. The summed E-state index contributed by atoms with van der Waals surface area (Å²) < 4.78 is 5.56. The SMILES string of the molecule is Cc1nc2cc3c(cc2c(=O)[nH]1)CCCO3. The zero-order valence-electron chi connectivity index (χ0n) is 9.04. The van der Waals surface area contributed by atoms with Crippen molar-refractivity contribution in [1.29, 1.82) is 0 Å². The van der Waals surface area contributed by atoms with E-state index in [1.165, 1.54) is 0 Å². The lowest BCUT2D eigenvalue weighted by molar-refractivity contribution is 0.289. The van der Waals surface area contributed by atoms with Crippen molar-refractivity contribution >= 4 is 10.9 Å². The molecular weight excluding hydrogens is 204 g/mol. The molecular formula is C12H12N2O2. The third kappa shape index (κ3) is 1.38. The number of aromatic amines is 1. The molecule has 4 nitrogen and oxygen atoms in total. The minimum atomic E-state index is -0.0733. The molecule has 16 heavy (non-hydrogen) atoms. The van der Waals surface area contributed by atoms with Gasteiger partial charge in [0, 0.05) is 6.07 Å². The van der Waals surface area contributed by atoms with Gasteiger partial charge in [-0.1, -0.05) is 0 Å². The Morgan fingerprint density at radius 1 is 1.44 bits per heavy atom. The van der Waals surface area contributed by atoms with Crippen LogP contribution in [-0.4, -0.2) is 16.6 Å². The van der Waals surface area contributed by atoms with Crippen molar-refractivity contribution in [3.8, 4) is 5.75 Å². The molecule has 0 unspecified atom stereocenters. The molecule has 0 radical (unpaired) electrons. The summed E-state index contributed by atoms with van der Waals surface area (Å²) >= 11 is 0. The Labute approximate surface area is 92.3 Å². The van der Waals surface area contributed by atoms with Gasteiger partial charge in [-0.2, -0.15) is 0 Å². The summed E-state index contributed by atoms with van der Waals surface area (Å²) in [6.45, 7) is 2.53. The first-order chi connectivity index (χ1) is 7.74. The molecule has 1 N–H and O–H groups in total. The van der Waals surface area contributed by atoms with Gasteiger partial charge in [-0.3, -0.25) is 4.79 Å². The van der Waals surface area contributed by atoms with Crippen LogP contribution in [0.3, 0.4) is 0 Å². The van der Waals surface area contributed by atoms with Gasteiger partial charge in [0.25, 0.3) is 5.56 Å². The zero-order chi connectivity index (χ0) is 11.1. The van der Waals surface area contributed by atoms with Crippen LogP contribution in [0.1, 0.15) is 17.8 Å². The average Bonchev–Trinajstić information content (AvgIpc) is 2.27. The Hall–Kier alpha value is -1.84. The van der Waals surface area contributed by atoms with E-state index in [9.17, 15) is 4.79 Å². The molecule has 0 spiro atoms. The summed E-state index contributed by atoms with van der Waals surface area (Å²) in [7, 11) is 0. The number of hydrogen-bond donors (Lipinski definition) is 1. The van der Waals surface area contributed by atoms with Gasteiger partial charge in [-0.15, -0.1) is 0 Å². The highest BCUT2D eigenvalue weighted by Crippen LogP contribution is 2.27. The van der Waals surface area contributed by atoms with Crippen LogP contribution in [0.5, 0.6) is 5.75 Å². The van der Waals surface area contributed by atoms with E-state index in [2.05, 4.69) is 9.97 Å². The number of aromatic nitrogens is 2. The van der Waals surface area contributed by atoms with Crippen molar-refractivity contribution < 1.29 is 4.74 Å². The van der Waals surface area contributed by atoms with Crippen molar-refractivity contribution in [2.24, 2.45) is 0 Å². The maximum atomic E-state index is 11.7. The van der Waals surface area contributed by atoms with E-state index in [4.69, 9.17) is 4.74 Å². The first-order valence-electron chi connectivity index (χ1n) is 5.40. The number of nitrogens with one attached hydrogen (secondary N) is 1. The highest BCUT2D eigenvalue weighted by molar-refractivity contribution is 5.80. The van der Waals surface area contributed by atoms with Crippen LogP contribution in [0.25, 0.3) is 10.9 Å². The average molecular weight is 216 g/mol. The highest BCUT2D eigenvalue weighted by Gasteiger charge is 2.13. The molecule has 0 fully saturated rings. The number of aryl methyl sites for hydroxylation is 2. The predicted octanol–water partition coefficient (Wildman–Crippen LogP) is 1.56.